The number of carbonyl (C=O) groups excluding carboxylic acids is 1. The van der Waals surface area contributed by atoms with Gasteiger partial charge in [0.2, 0.25) is 5.91 Å². The molecule has 3 N–H and O–H groups in total. The van der Waals surface area contributed by atoms with E-state index in [2.05, 4.69) is 5.32 Å². The van der Waals surface area contributed by atoms with E-state index in [9.17, 15) is 4.79 Å². The Labute approximate surface area is 138 Å². The van der Waals surface area contributed by atoms with Crippen LogP contribution in [0.25, 0.3) is 0 Å². The highest BCUT2D eigenvalue weighted by molar-refractivity contribution is 5.80. The van der Waals surface area contributed by atoms with Crippen LogP contribution in [-0.2, 0) is 11.2 Å². The number of ether oxygens (including phenoxy) is 2. The van der Waals surface area contributed by atoms with Gasteiger partial charge in [-0.1, -0.05) is 25.3 Å². The molecule has 1 amide bonds. The third-order valence-corrected chi connectivity index (χ3v) is 4.69. The number of methoxy groups -OCH3 is 2. The SMILES string of the molecule is COc1cccc(OC)c1CC(=O)NC(CN)C1CCCCC1. The minimum Gasteiger partial charge on any atom is -0.496 e. The molecule has 1 aromatic rings. The van der Waals surface area contributed by atoms with Crippen molar-refractivity contribution in [1.82, 2.24) is 5.32 Å². The summed E-state index contributed by atoms with van der Waals surface area (Å²) in [5, 5.41) is 3.11. The van der Waals surface area contributed by atoms with Crippen molar-refractivity contribution in [3.05, 3.63) is 23.8 Å². The number of benzene rings is 1. The zero-order valence-electron chi connectivity index (χ0n) is 14.1. The molecule has 0 radical (unpaired) electrons. The van der Waals surface area contributed by atoms with Crippen LogP contribution in [0, 0.1) is 5.92 Å². The predicted molar refractivity (Wildman–Crippen MR) is 90.8 cm³/mol. The first kappa shape index (κ1) is 17.6. The maximum atomic E-state index is 12.5. The smallest absolute Gasteiger partial charge is 0.224 e. The first-order valence-electron chi connectivity index (χ1n) is 8.38. The highest BCUT2D eigenvalue weighted by Gasteiger charge is 2.24. The fraction of sp³-hybridized carbons (Fsp3) is 0.611. The Morgan fingerprint density at radius 3 is 2.35 bits per heavy atom. The van der Waals surface area contributed by atoms with Gasteiger partial charge in [-0.05, 0) is 30.9 Å². The molecule has 128 valence electrons. The lowest BCUT2D eigenvalue weighted by Gasteiger charge is -2.30. The van der Waals surface area contributed by atoms with E-state index >= 15 is 0 Å². The average Bonchev–Trinajstić information content (AvgIpc) is 2.60. The van der Waals surface area contributed by atoms with E-state index < -0.39 is 0 Å². The van der Waals surface area contributed by atoms with Crippen molar-refractivity contribution in [2.24, 2.45) is 11.7 Å². The summed E-state index contributed by atoms with van der Waals surface area (Å²) in [6.07, 6.45) is 6.30. The van der Waals surface area contributed by atoms with E-state index in [0.29, 0.717) is 24.0 Å². The molecule has 5 nitrogen and oxygen atoms in total. The first-order valence-corrected chi connectivity index (χ1v) is 8.38. The van der Waals surface area contributed by atoms with Crippen molar-refractivity contribution in [2.45, 2.75) is 44.6 Å². The average molecular weight is 320 g/mol. The minimum absolute atomic E-state index is 0.0335. The number of carbonyl (C=O) groups is 1. The molecule has 5 heteroatoms. The maximum absolute atomic E-state index is 12.5. The summed E-state index contributed by atoms with van der Waals surface area (Å²) >= 11 is 0. The van der Waals surface area contributed by atoms with Crippen LogP contribution in [0.3, 0.4) is 0 Å². The molecule has 2 rings (SSSR count). The Bertz CT molecular complexity index is 491. The van der Waals surface area contributed by atoms with Crippen LogP contribution in [0.4, 0.5) is 0 Å². The standard InChI is InChI=1S/C18H28N2O3/c1-22-16-9-6-10-17(23-2)14(16)11-18(21)20-15(12-19)13-7-4-3-5-8-13/h6,9-10,13,15H,3-5,7-8,11-12,19H2,1-2H3,(H,20,21). The summed E-state index contributed by atoms with van der Waals surface area (Å²) in [5.41, 5.74) is 6.67. The summed E-state index contributed by atoms with van der Waals surface area (Å²) in [5.74, 6) is 1.80. The molecule has 0 saturated heterocycles. The normalized spacial score (nSPS) is 16.7. The topological polar surface area (TPSA) is 73.6 Å². The Morgan fingerprint density at radius 2 is 1.83 bits per heavy atom. The van der Waals surface area contributed by atoms with Gasteiger partial charge >= 0.3 is 0 Å². The Hall–Kier alpha value is -1.75. The second-order valence-electron chi connectivity index (χ2n) is 6.13. The molecule has 23 heavy (non-hydrogen) atoms. The van der Waals surface area contributed by atoms with Crippen LogP contribution in [0.2, 0.25) is 0 Å². The second-order valence-corrected chi connectivity index (χ2v) is 6.13. The lowest BCUT2D eigenvalue weighted by atomic mass is 9.84. The van der Waals surface area contributed by atoms with Gasteiger partial charge in [-0.25, -0.2) is 0 Å². The van der Waals surface area contributed by atoms with Crippen LogP contribution in [0.5, 0.6) is 11.5 Å². The van der Waals surface area contributed by atoms with Gasteiger partial charge in [0.1, 0.15) is 11.5 Å². The van der Waals surface area contributed by atoms with Crippen LogP contribution in [-0.4, -0.2) is 32.7 Å². The lowest BCUT2D eigenvalue weighted by molar-refractivity contribution is -0.121. The monoisotopic (exact) mass is 320 g/mol. The highest BCUT2D eigenvalue weighted by Crippen LogP contribution is 2.29. The van der Waals surface area contributed by atoms with E-state index in [1.165, 1.54) is 19.3 Å². The molecule has 0 bridgehead atoms. The van der Waals surface area contributed by atoms with Gasteiger partial charge in [0.05, 0.1) is 20.6 Å². The van der Waals surface area contributed by atoms with E-state index in [1.807, 2.05) is 18.2 Å². The third-order valence-electron chi connectivity index (χ3n) is 4.69. The molecule has 1 unspecified atom stereocenters. The quantitative estimate of drug-likeness (QED) is 0.808. The number of hydrogen-bond acceptors (Lipinski definition) is 4. The molecule has 1 aliphatic rings. The van der Waals surface area contributed by atoms with Crippen LogP contribution < -0.4 is 20.5 Å². The van der Waals surface area contributed by atoms with Gasteiger partial charge in [0.15, 0.2) is 0 Å². The summed E-state index contributed by atoms with van der Waals surface area (Å²) in [7, 11) is 3.20. The molecule has 0 aromatic heterocycles. The van der Waals surface area contributed by atoms with E-state index in [4.69, 9.17) is 15.2 Å². The molecule has 1 aromatic carbocycles. The Kier molecular flexibility index (Phi) is 6.71. The molecule has 1 fully saturated rings. The molecule has 1 saturated carbocycles. The molecule has 0 aliphatic heterocycles. The number of amides is 1. The van der Waals surface area contributed by atoms with Gasteiger partial charge in [0, 0.05) is 18.2 Å². The summed E-state index contributed by atoms with van der Waals surface area (Å²) in [4.78, 5) is 12.5. The van der Waals surface area contributed by atoms with E-state index in [-0.39, 0.29) is 18.4 Å². The maximum Gasteiger partial charge on any atom is 0.224 e. The van der Waals surface area contributed by atoms with Crippen molar-refractivity contribution in [1.29, 1.82) is 0 Å². The molecule has 1 atom stereocenters. The number of hydrogen-bond donors (Lipinski definition) is 2. The second kappa shape index (κ2) is 8.77. The van der Waals surface area contributed by atoms with E-state index in [0.717, 1.165) is 18.4 Å². The van der Waals surface area contributed by atoms with Crippen molar-refractivity contribution < 1.29 is 14.3 Å². The van der Waals surface area contributed by atoms with Crippen LogP contribution >= 0.6 is 0 Å². The van der Waals surface area contributed by atoms with Gasteiger partial charge in [-0.3, -0.25) is 4.79 Å². The predicted octanol–water partition coefficient (Wildman–Crippen LogP) is 2.27. The van der Waals surface area contributed by atoms with Crippen molar-refractivity contribution >= 4 is 5.91 Å². The van der Waals surface area contributed by atoms with Gasteiger partial charge in [0.25, 0.3) is 0 Å². The van der Waals surface area contributed by atoms with Gasteiger partial charge in [-0.15, -0.1) is 0 Å². The number of nitrogens with two attached hydrogens (primary N) is 1. The van der Waals surface area contributed by atoms with Crippen LogP contribution in [0.1, 0.15) is 37.7 Å². The summed E-state index contributed by atoms with van der Waals surface area (Å²) in [6.45, 7) is 0.486. The van der Waals surface area contributed by atoms with Crippen molar-refractivity contribution in [3.8, 4) is 11.5 Å². The number of nitrogens with one attached hydrogen (secondary N) is 1. The summed E-state index contributed by atoms with van der Waals surface area (Å²) in [6, 6.07) is 5.59. The third kappa shape index (κ3) is 4.61. The van der Waals surface area contributed by atoms with Crippen LogP contribution in [0.15, 0.2) is 18.2 Å². The molecular formula is C18H28N2O3. The van der Waals surface area contributed by atoms with Gasteiger partial charge < -0.3 is 20.5 Å². The fourth-order valence-electron chi connectivity index (χ4n) is 3.43. The van der Waals surface area contributed by atoms with E-state index in [1.54, 1.807) is 14.2 Å². The van der Waals surface area contributed by atoms with Gasteiger partial charge in [-0.2, -0.15) is 0 Å². The zero-order chi connectivity index (χ0) is 16.7. The molecule has 0 heterocycles. The Balaban J connectivity index is 2.03. The molecule has 0 spiro atoms. The van der Waals surface area contributed by atoms with Crippen molar-refractivity contribution in [2.75, 3.05) is 20.8 Å². The lowest BCUT2D eigenvalue weighted by Crippen LogP contribution is -2.46. The largest absolute Gasteiger partial charge is 0.496 e. The number of rotatable bonds is 7. The first-order chi connectivity index (χ1) is 11.2. The molecular weight excluding hydrogens is 292 g/mol. The highest BCUT2D eigenvalue weighted by atomic mass is 16.5. The van der Waals surface area contributed by atoms with Crippen molar-refractivity contribution in [3.63, 3.8) is 0 Å². The fourth-order valence-corrected chi connectivity index (χ4v) is 3.43. The summed E-state index contributed by atoms with van der Waals surface area (Å²) < 4.78 is 10.7. The minimum atomic E-state index is -0.0335. The molecule has 1 aliphatic carbocycles. The Morgan fingerprint density at radius 1 is 1.22 bits per heavy atom. The zero-order valence-corrected chi connectivity index (χ0v) is 14.1.